The highest BCUT2D eigenvalue weighted by Gasteiger charge is 2.21. The second kappa shape index (κ2) is 5.78. The fraction of sp³-hybridized carbons (Fsp3) is 0.125. The Kier molecular flexibility index (Phi) is 3.46. The number of nitrogens with zero attached hydrogens (tertiary/aromatic N) is 5. The second-order valence-corrected chi connectivity index (χ2v) is 5.26. The van der Waals surface area contributed by atoms with Crippen LogP contribution in [-0.4, -0.2) is 30.0 Å². The molecule has 3 heterocycles. The van der Waals surface area contributed by atoms with E-state index in [4.69, 9.17) is 10.5 Å². The van der Waals surface area contributed by atoms with E-state index in [0.717, 1.165) is 5.52 Å². The van der Waals surface area contributed by atoms with Crippen LogP contribution in [0, 0.1) is 0 Å². The van der Waals surface area contributed by atoms with Crippen molar-refractivity contribution in [2.75, 3.05) is 5.73 Å². The molecule has 0 fully saturated rings. The number of hydrogen-bond acceptors (Lipinski definition) is 8. The number of phenols is 1. The van der Waals surface area contributed by atoms with Crippen LogP contribution in [0.5, 0.6) is 17.4 Å². The van der Waals surface area contributed by atoms with Crippen LogP contribution in [0.1, 0.15) is 6.92 Å². The van der Waals surface area contributed by atoms with E-state index in [0.29, 0.717) is 35.2 Å². The zero-order valence-electron chi connectivity index (χ0n) is 13.2. The molecule has 0 spiro atoms. The maximum Gasteiger partial charge on any atom is 0.247 e. The molecule has 25 heavy (non-hydrogen) atoms. The summed E-state index contributed by atoms with van der Waals surface area (Å²) < 4.78 is 12.4. The molecule has 0 aliphatic carbocycles. The van der Waals surface area contributed by atoms with Gasteiger partial charge in [-0.15, -0.1) is 0 Å². The summed E-state index contributed by atoms with van der Waals surface area (Å²) in [6.45, 7) is 2.61. The number of imidazole rings is 1. The lowest BCUT2D eigenvalue weighted by Gasteiger charge is -2.06. The lowest BCUT2D eigenvalue weighted by atomic mass is 10.3. The number of nitrogen functional groups attached to an aromatic ring is 1. The minimum Gasteiger partial charge on any atom is -0.508 e. The van der Waals surface area contributed by atoms with Crippen molar-refractivity contribution in [2.45, 2.75) is 13.5 Å². The topological polar surface area (TPSA) is 125 Å². The fourth-order valence-electron chi connectivity index (χ4n) is 2.61. The summed E-state index contributed by atoms with van der Waals surface area (Å²) >= 11 is 0. The van der Waals surface area contributed by atoms with E-state index in [1.54, 1.807) is 24.4 Å². The highest BCUT2D eigenvalue weighted by molar-refractivity contribution is 5.85. The lowest BCUT2D eigenvalue weighted by Crippen LogP contribution is -1.99. The van der Waals surface area contributed by atoms with E-state index in [9.17, 15) is 5.11 Å². The Morgan fingerprint density at radius 1 is 1.28 bits per heavy atom. The van der Waals surface area contributed by atoms with Gasteiger partial charge in [-0.3, -0.25) is 0 Å². The third-order valence-corrected chi connectivity index (χ3v) is 3.71. The number of hydrogen-bond donors (Lipinski definition) is 2. The van der Waals surface area contributed by atoms with Gasteiger partial charge in [-0.05, 0) is 35.4 Å². The molecule has 0 aliphatic heterocycles. The van der Waals surface area contributed by atoms with Gasteiger partial charge in [0.25, 0.3) is 0 Å². The molecule has 4 rings (SSSR count). The van der Waals surface area contributed by atoms with Crippen molar-refractivity contribution in [3.8, 4) is 28.9 Å². The van der Waals surface area contributed by atoms with Crippen LogP contribution >= 0.6 is 0 Å². The summed E-state index contributed by atoms with van der Waals surface area (Å²) in [5.74, 6) is 1.55. The summed E-state index contributed by atoms with van der Waals surface area (Å²) in [5, 5.41) is 17.0. The Labute approximate surface area is 141 Å². The number of fused-ring (bicyclic) bond motifs is 1. The summed E-state index contributed by atoms with van der Waals surface area (Å²) in [6, 6.07) is 8.29. The predicted molar refractivity (Wildman–Crippen MR) is 89.1 cm³/mol. The maximum atomic E-state index is 9.59. The number of benzene rings is 1. The van der Waals surface area contributed by atoms with Crippen molar-refractivity contribution in [1.82, 2.24) is 24.8 Å². The molecule has 0 amide bonds. The Balaban J connectivity index is 1.87. The van der Waals surface area contributed by atoms with E-state index in [2.05, 4.69) is 24.9 Å². The quantitative estimate of drug-likeness (QED) is 0.581. The number of aryl methyl sites for hydroxylation is 1. The summed E-state index contributed by atoms with van der Waals surface area (Å²) in [6.07, 6.45) is 1.63. The molecule has 126 valence electrons. The van der Waals surface area contributed by atoms with Gasteiger partial charge in [0.05, 0.1) is 5.52 Å². The second-order valence-electron chi connectivity index (χ2n) is 5.26. The number of pyridine rings is 1. The molecule has 4 aromatic rings. The number of nitrogens with two attached hydrogens (primary N) is 1. The summed E-state index contributed by atoms with van der Waals surface area (Å²) in [4.78, 5) is 8.83. The van der Waals surface area contributed by atoms with Gasteiger partial charge in [0.2, 0.25) is 5.88 Å². The minimum atomic E-state index is 0.103. The average molecular weight is 338 g/mol. The zero-order valence-corrected chi connectivity index (χ0v) is 13.2. The Morgan fingerprint density at radius 3 is 2.88 bits per heavy atom. The number of aromatic hydroxyl groups is 1. The van der Waals surface area contributed by atoms with Crippen molar-refractivity contribution < 1.29 is 14.5 Å². The molecule has 9 heteroatoms. The molecule has 0 unspecified atom stereocenters. The molecular weight excluding hydrogens is 324 g/mol. The monoisotopic (exact) mass is 338 g/mol. The van der Waals surface area contributed by atoms with Crippen LogP contribution in [0.3, 0.4) is 0 Å². The number of rotatable bonds is 4. The highest BCUT2D eigenvalue weighted by atomic mass is 16.6. The van der Waals surface area contributed by atoms with Crippen LogP contribution in [0.25, 0.3) is 22.6 Å². The van der Waals surface area contributed by atoms with Gasteiger partial charge in [0, 0.05) is 18.8 Å². The van der Waals surface area contributed by atoms with Gasteiger partial charge in [0.1, 0.15) is 11.5 Å². The van der Waals surface area contributed by atoms with E-state index in [-0.39, 0.29) is 11.6 Å². The van der Waals surface area contributed by atoms with Crippen LogP contribution in [0.15, 0.2) is 41.2 Å². The van der Waals surface area contributed by atoms with Crippen LogP contribution in [-0.2, 0) is 6.54 Å². The van der Waals surface area contributed by atoms with E-state index in [1.165, 1.54) is 6.07 Å². The molecule has 0 aliphatic rings. The van der Waals surface area contributed by atoms with E-state index >= 15 is 0 Å². The molecule has 0 atom stereocenters. The van der Waals surface area contributed by atoms with Crippen LogP contribution < -0.4 is 10.5 Å². The van der Waals surface area contributed by atoms with Crippen molar-refractivity contribution >= 4 is 16.9 Å². The summed E-state index contributed by atoms with van der Waals surface area (Å²) in [5.41, 5.74) is 7.52. The molecular formula is C16H14N6O3. The minimum absolute atomic E-state index is 0.103. The van der Waals surface area contributed by atoms with Crippen LogP contribution in [0.2, 0.25) is 0 Å². The number of phenolic OH excluding ortho intramolecular Hbond substituents is 1. The fourth-order valence-corrected chi connectivity index (χ4v) is 2.61. The smallest absolute Gasteiger partial charge is 0.247 e. The van der Waals surface area contributed by atoms with Crippen molar-refractivity contribution in [3.63, 3.8) is 0 Å². The maximum absolute atomic E-state index is 9.59. The standard InChI is InChI=1S/C16H14N6O3/c1-2-22-11-6-7-18-16(24-10-5-3-4-9(23)8-10)12(11)19-15(22)13-14(17)21-25-20-13/h3-8,23H,2H2,1H3,(H2,17,21). The average Bonchev–Trinajstić information content (AvgIpc) is 3.18. The molecule has 0 saturated heterocycles. The summed E-state index contributed by atoms with van der Waals surface area (Å²) in [7, 11) is 0. The van der Waals surface area contributed by atoms with Gasteiger partial charge < -0.3 is 20.1 Å². The molecule has 0 radical (unpaired) electrons. The van der Waals surface area contributed by atoms with Gasteiger partial charge in [0.15, 0.2) is 22.9 Å². The normalized spacial score (nSPS) is 11.1. The number of aromatic nitrogens is 5. The molecule has 9 nitrogen and oxygen atoms in total. The van der Waals surface area contributed by atoms with Gasteiger partial charge in [-0.1, -0.05) is 6.07 Å². The third-order valence-electron chi connectivity index (χ3n) is 3.71. The van der Waals surface area contributed by atoms with E-state index in [1.807, 2.05) is 17.6 Å². The van der Waals surface area contributed by atoms with Gasteiger partial charge >= 0.3 is 0 Å². The third kappa shape index (κ3) is 2.51. The van der Waals surface area contributed by atoms with Crippen LogP contribution in [0.4, 0.5) is 5.82 Å². The Bertz CT molecular complexity index is 1060. The SMILES string of the molecule is CCn1c(-c2nonc2N)nc2c(Oc3cccc(O)c3)nccc21. The number of anilines is 1. The molecule has 1 aromatic carbocycles. The zero-order chi connectivity index (χ0) is 17.4. The molecule has 0 bridgehead atoms. The Morgan fingerprint density at radius 2 is 2.16 bits per heavy atom. The van der Waals surface area contributed by atoms with Crippen molar-refractivity contribution in [3.05, 3.63) is 36.5 Å². The molecule has 0 saturated carbocycles. The first kappa shape index (κ1) is 14.9. The highest BCUT2D eigenvalue weighted by Crippen LogP contribution is 2.32. The molecule has 3 aromatic heterocycles. The van der Waals surface area contributed by atoms with Crippen molar-refractivity contribution in [1.29, 1.82) is 0 Å². The number of ether oxygens (including phenoxy) is 1. The lowest BCUT2D eigenvalue weighted by molar-refractivity contribution is 0.310. The molecule has 3 N–H and O–H groups in total. The first-order valence-corrected chi connectivity index (χ1v) is 7.58. The van der Waals surface area contributed by atoms with Crippen molar-refractivity contribution in [2.24, 2.45) is 0 Å². The first-order valence-electron chi connectivity index (χ1n) is 7.58. The van der Waals surface area contributed by atoms with Gasteiger partial charge in [-0.25, -0.2) is 14.6 Å². The Hall–Kier alpha value is -3.62. The predicted octanol–water partition coefficient (Wildman–Crippen LogP) is 2.58. The largest absolute Gasteiger partial charge is 0.508 e. The van der Waals surface area contributed by atoms with Gasteiger partial charge in [-0.2, -0.15) is 0 Å². The first-order chi connectivity index (χ1) is 12.2. The van der Waals surface area contributed by atoms with E-state index < -0.39 is 0 Å².